The van der Waals surface area contributed by atoms with Crippen LogP contribution in [0, 0.1) is 27.9 Å². The second kappa shape index (κ2) is 8.34. The van der Waals surface area contributed by atoms with Crippen molar-refractivity contribution in [1.29, 1.82) is 0 Å². The number of nitro benzene ring substituents is 1. The summed E-state index contributed by atoms with van der Waals surface area (Å²) >= 11 is 0. The number of aliphatic hydroxyl groups excluding tert-OH is 1. The fourth-order valence-corrected chi connectivity index (χ4v) is 6.16. The second-order valence-corrected chi connectivity index (χ2v) is 10.3. The molecule has 3 unspecified atom stereocenters. The summed E-state index contributed by atoms with van der Waals surface area (Å²) in [5.41, 5.74) is 0.222. The Morgan fingerprint density at radius 3 is 2.50 bits per heavy atom. The molecule has 2 fully saturated rings. The van der Waals surface area contributed by atoms with Crippen molar-refractivity contribution >= 4 is 21.4 Å². The highest BCUT2D eigenvalue weighted by Crippen LogP contribution is 2.35. The highest BCUT2D eigenvalue weighted by atomic mass is 32.2. The summed E-state index contributed by atoms with van der Waals surface area (Å²) in [6.07, 6.45) is 2.71. The second-order valence-electron chi connectivity index (χ2n) is 8.31. The van der Waals surface area contributed by atoms with Crippen molar-refractivity contribution in [2.75, 3.05) is 37.7 Å². The molecule has 0 bridgehead atoms. The SMILES string of the molecule is CC1CC(C)CN(S(=O)(=O)c2ccc(N3CCCC(CO)C3)c([N+](=O)[O-])c2)C1. The minimum Gasteiger partial charge on any atom is -0.396 e. The standard InChI is InChI=1S/C19H29N3O5S/c1-14-8-15(2)11-21(10-14)28(26,27)17-5-6-18(19(9-17)22(24)25)20-7-3-4-16(12-20)13-23/h5-6,9,14-16,23H,3-4,7-8,10-13H2,1-2H3. The highest BCUT2D eigenvalue weighted by Gasteiger charge is 2.34. The van der Waals surface area contributed by atoms with Crippen molar-refractivity contribution in [3.8, 4) is 0 Å². The minimum absolute atomic E-state index is 0.0278. The maximum absolute atomic E-state index is 13.1. The molecule has 1 N–H and O–H groups in total. The van der Waals surface area contributed by atoms with E-state index in [9.17, 15) is 23.6 Å². The molecule has 0 radical (unpaired) electrons. The number of anilines is 1. The van der Waals surface area contributed by atoms with Gasteiger partial charge in [-0.1, -0.05) is 13.8 Å². The molecule has 0 saturated carbocycles. The fraction of sp³-hybridized carbons (Fsp3) is 0.684. The van der Waals surface area contributed by atoms with Gasteiger partial charge in [-0.3, -0.25) is 10.1 Å². The van der Waals surface area contributed by atoms with E-state index in [1.165, 1.54) is 16.4 Å². The van der Waals surface area contributed by atoms with Crippen molar-refractivity contribution in [3.05, 3.63) is 28.3 Å². The number of benzene rings is 1. The summed E-state index contributed by atoms with van der Waals surface area (Å²) in [7, 11) is -3.78. The Bertz CT molecular complexity index is 819. The first-order valence-corrected chi connectivity index (χ1v) is 11.3. The lowest BCUT2D eigenvalue weighted by Gasteiger charge is -2.34. The average molecular weight is 412 g/mol. The number of piperidine rings is 2. The first-order valence-electron chi connectivity index (χ1n) is 9.86. The van der Waals surface area contributed by atoms with E-state index in [1.54, 1.807) is 6.07 Å². The molecule has 2 saturated heterocycles. The monoisotopic (exact) mass is 411 g/mol. The van der Waals surface area contributed by atoms with Crippen LogP contribution in [0.4, 0.5) is 11.4 Å². The van der Waals surface area contributed by atoms with Crippen LogP contribution < -0.4 is 4.90 Å². The molecular weight excluding hydrogens is 382 g/mol. The van der Waals surface area contributed by atoms with Gasteiger partial charge >= 0.3 is 0 Å². The van der Waals surface area contributed by atoms with Gasteiger partial charge in [0.1, 0.15) is 5.69 Å². The number of nitrogens with zero attached hydrogens (tertiary/aromatic N) is 3. The molecule has 2 heterocycles. The highest BCUT2D eigenvalue weighted by molar-refractivity contribution is 7.89. The van der Waals surface area contributed by atoms with E-state index in [2.05, 4.69) is 0 Å². The van der Waals surface area contributed by atoms with Gasteiger partial charge in [0.15, 0.2) is 0 Å². The van der Waals surface area contributed by atoms with E-state index in [4.69, 9.17) is 0 Å². The molecule has 28 heavy (non-hydrogen) atoms. The molecule has 8 nitrogen and oxygen atoms in total. The topological polar surface area (TPSA) is 104 Å². The zero-order valence-electron chi connectivity index (χ0n) is 16.5. The van der Waals surface area contributed by atoms with Crippen LogP contribution in [0.15, 0.2) is 23.1 Å². The molecule has 0 aromatic heterocycles. The van der Waals surface area contributed by atoms with Crippen LogP contribution in [0.5, 0.6) is 0 Å². The van der Waals surface area contributed by atoms with Gasteiger partial charge < -0.3 is 10.0 Å². The summed E-state index contributed by atoms with van der Waals surface area (Å²) in [6.45, 7) is 6.16. The van der Waals surface area contributed by atoms with Crippen LogP contribution in [-0.2, 0) is 10.0 Å². The number of hydrogen-bond acceptors (Lipinski definition) is 6. The Hall–Kier alpha value is -1.71. The largest absolute Gasteiger partial charge is 0.396 e. The summed E-state index contributed by atoms with van der Waals surface area (Å²) in [5.74, 6) is 0.598. The van der Waals surface area contributed by atoms with Crippen molar-refractivity contribution in [1.82, 2.24) is 4.31 Å². The smallest absolute Gasteiger partial charge is 0.293 e. The summed E-state index contributed by atoms with van der Waals surface area (Å²) in [5, 5.41) is 21.1. The number of rotatable bonds is 5. The van der Waals surface area contributed by atoms with E-state index < -0.39 is 14.9 Å². The minimum atomic E-state index is -3.78. The molecular formula is C19H29N3O5S. The van der Waals surface area contributed by atoms with Gasteiger partial charge in [-0.15, -0.1) is 0 Å². The summed E-state index contributed by atoms with van der Waals surface area (Å²) < 4.78 is 27.6. The molecule has 0 amide bonds. The van der Waals surface area contributed by atoms with Gasteiger partial charge in [-0.25, -0.2) is 8.42 Å². The first-order chi connectivity index (χ1) is 13.2. The van der Waals surface area contributed by atoms with Gasteiger partial charge in [-0.2, -0.15) is 4.31 Å². The Morgan fingerprint density at radius 2 is 1.89 bits per heavy atom. The predicted molar refractivity (Wildman–Crippen MR) is 107 cm³/mol. The molecule has 3 rings (SSSR count). The van der Waals surface area contributed by atoms with Crippen molar-refractivity contribution < 1.29 is 18.4 Å². The van der Waals surface area contributed by atoms with Gasteiger partial charge in [0.2, 0.25) is 10.0 Å². The zero-order chi connectivity index (χ0) is 20.5. The van der Waals surface area contributed by atoms with Gasteiger partial charge in [0.25, 0.3) is 5.69 Å². The maximum atomic E-state index is 13.1. The number of hydrogen-bond donors (Lipinski definition) is 1. The molecule has 9 heteroatoms. The van der Waals surface area contributed by atoms with Crippen LogP contribution in [0.25, 0.3) is 0 Å². The van der Waals surface area contributed by atoms with Gasteiger partial charge in [-0.05, 0) is 49.1 Å². The van der Waals surface area contributed by atoms with Gasteiger partial charge in [0.05, 0.1) is 9.82 Å². The Labute approximate surface area is 166 Å². The number of sulfonamides is 1. The lowest BCUT2D eigenvalue weighted by molar-refractivity contribution is -0.384. The summed E-state index contributed by atoms with van der Waals surface area (Å²) in [4.78, 5) is 13.0. The molecule has 2 aliphatic rings. The van der Waals surface area contributed by atoms with E-state index >= 15 is 0 Å². The Morgan fingerprint density at radius 1 is 1.21 bits per heavy atom. The lowest BCUT2D eigenvalue weighted by atomic mass is 9.94. The van der Waals surface area contributed by atoms with E-state index in [0.29, 0.717) is 31.9 Å². The molecule has 0 aliphatic carbocycles. The van der Waals surface area contributed by atoms with Crippen LogP contribution >= 0.6 is 0 Å². The van der Waals surface area contributed by atoms with Crippen LogP contribution in [0.3, 0.4) is 0 Å². The quantitative estimate of drug-likeness (QED) is 0.590. The maximum Gasteiger partial charge on any atom is 0.293 e. The number of nitro groups is 1. The Balaban J connectivity index is 1.93. The third-order valence-electron chi connectivity index (χ3n) is 5.73. The van der Waals surface area contributed by atoms with Gasteiger partial charge in [0, 0.05) is 38.9 Å². The predicted octanol–water partition coefficient (Wildman–Crippen LogP) is 2.47. The number of aliphatic hydroxyl groups is 1. The zero-order valence-corrected chi connectivity index (χ0v) is 17.3. The van der Waals surface area contributed by atoms with E-state index in [0.717, 1.165) is 19.3 Å². The molecule has 2 aliphatic heterocycles. The Kier molecular flexibility index (Phi) is 6.26. The van der Waals surface area contributed by atoms with Crippen LogP contribution in [-0.4, -0.2) is 55.5 Å². The molecule has 0 spiro atoms. The molecule has 1 aromatic carbocycles. The normalized spacial score (nSPS) is 27.0. The fourth-order valence-electron chi connectivity index (χ4n) is 4.46. The molecule has 156 valence electrons. The van der Waals surface area contributed by atoms with Crippen LogP contribution in [0.1, 0.15) is 33.1 Å². The van der Waals surface area contributed by atoms with E-state index in [-0.39, 0.29) is 34.9 Å². The molecule has 1 aromatic rings. The average Bonchev–Trinajstić information content (AvgIpc) is 2.66. The lowest BCUT2D eigenvalue weighted by Crippen LogP contribution is -2.42. The van der Waals surface area contributed by atoms with Crippen LogP contribution in [0.2, 0.25) is 0 Å². The van der Waals surface area contributed by atoms with Crippen molar-refractivity contribution in [2.45, 2.75) is 38.0 Å². The first kappa shape index (κ1) is 21.0. The molecule has 3 atom stereocenters. The summed E-state index contributed by atoms with van der Waals surface area (Å²) in [6, 6.07) is 4.21. The van der Waals surface area contributed by atoms with E-state index in [1.807, 2.05) is 18.7 Å². The third kappa shape index (κ3) is 4.31. The third-order valence-corrected chi connectivity index (χ3v) is 7.56. The van der Waals surface area contributed by atoms with Crippen molar-refractivity contribution in [2.24, 2.45) is 17.8 Å². The van der Waals surface area contributed by atoms with Crippen molar-refractivity contribution in [3.63, 3.8) is 0 Å².